The van der Waals surface area contributed by atoms with Crippen molar-refractivity contribution < 1.29 is 5.11 Å². The number of aliphatic hydroxyl groups excluding tert-OH is 1. The van der Waals surface area contributed by atoms with Crippen molar-refractivity contribution in [3.63, 3.8) is 0 Å². The molecule has 1 unspecified atom stereocenters. The molecule has 0 radical (unpaired) electrons. The maximum absolute atomic E-state index is 8.99. The largest absolute Gasteiger partial charge is 0.395 e. The molecule has 2 aromatic heterocycles. The highest BCUT2D eigenvalue weighted by atomic mass is 32.1. The Morgan fingerprint density at radius 3 is 2.81 bits per heavy atom. The minimum absolute atomic E-state index is 0.0319. The smallest absolute Gasteiger partial charge is 0.166 e. The number of fused-ring (bicyclic) bond motifs is 1. The van der Waals surface area contributed by atoms with Crippen LogP contribution in [0.25, 0.3) is 10.9 Å². The second-order valence-corrected chi connectivity index (χ2v) is 6.48. The summed E-state index contributed by atoms with van der Waals surface area (Å²) in [5, 5.41) is 17.0. The molecule has 3 N–H and O–H groups in total. The van der Waals surface area contributed by atoms with Crippen molar-refractivity contribution in [2.45, 2.75) is 19.4 Å². The fraction of sp³-hybridized carbons (Fsp3) is 0.250. The Hall–Kier alpha value is -2.57. The van der Waals surface area contributed by atoms with Crippen molar-refractivity contribution in [1.29, 1.82) is 0 Å². The molecule has 0 saturated heterocycles. The van der Waals surface area contributed by atoms with E-state index in [0.29, 0.717) is 11.7 Å². The highest BCUT2D eigenvalue weighted by Crippen LogP contribution is 2.23. The molecular weight excluding hydrogens is 344 g/mol. The molecule has 2 heterocycles. The number of nitrogens with one attached hydrogen (secondary N) is 2. The lowest BCUT2D eigenvalue weighted by molar-refractivity contribution is 0.300. The van der Waals surface area contributed by atoms with Crippen molar-refractivity contribution in [1.82, 2.24) is 20.6 Å². The third-order valence-corrected chi connectivity index (χ3v) is 4.40. The molecule has 1 aromatic carbocycles. The predicted octanol–water partition coefficient (Wildman–Crippen LogP) is 2.68. The van der Waals surface area contributed by atoms with Crippen LogP contribution in [0.1, 0.15) is 23.0 Å². The topological polar surface area (TPSA) is 70.1 Å². The molecule has 26 heavy (non-hydrogen) atoms. The number of para-hydroxylation sites is 1. The molecule has 6 heteroatoms. The Bertz CT molecular complexity index is 894. The zero-order valence-corrected chi connectivity index (χ0v) is 15.5. The minimum Gasteiger partial charge on any atom is -0.395 e. The Morgan fingerprint density at radius 2 is 2.00 bits per heavy atom. The van der Waals surface area contributed by atoms with Gasteiger partial charge in [0.05, 0.1) is 23.9 Å². The first-order valence-corrected chi connectivity index (χ1v) is 8.99. The van der Waals surface area contributed by atoms with Crippen molar-refractivity contribution in [2.75, 3.05) is 13.2 Å². The Morgan fingerprint density at radius 1 is 1.15 bits per heavy atom. The maximum atomic E-state index is 8.99. The summed E-state index contributed by atoms with van der Waals surface area (Å²) < 4.78 is 0. The lowest BCUT2D eigenvalue weighted by Crippen LogP contribution is -2.40. The zero-order chi connectivity index (χ0) is 18.4. The van der Waals surface area contributed by atoms with E-state index in [2.05, 4.69) is 26.7 Å². The monoisotopic (exact) mass is 366 g/mol. The quantitative estimate of drug-likeness (QED) is 0.583. The van der Waals surface area contributed by atoms with Gasteiger partial charge in [-0.05, 0) is 55.4 Å². The van der Waals surface area contributed by atoms with Gasteiger partial charge in [-0.1, -0.05) is 24.3 Å². The summed E-state index contributed by atoms with van der Waals surface area (Å²) in [7, 11) is 0. The molecule has 0 aliphatic heterocycles. The highest BCUT2D eigenvalue weighted by molar-refractivity contribution is 7.80. The summed E-state index contributed by atoms with van der Waals surface area (Å²) in [4.78, 5) is 9.10. The third-order valence-electron chi connectivity index (χ3n) is 4.13. The lowest BCUT2D eigenvalue weighted by Gasteiger charge is -2.21. The molecule has 0 amide bonds. The fourth-order valence-corrected chi connectivity index (χ4v) is 3.16. The summed E-state index contributed by atoms with van der Waals surface area (Å²) in [6.45, 7) is 2.42. The van der Waals surface area contributed by atoms with Crippen LogP contribution in [0, 0.1) is 6.92 Å². The molecule has 0 spiro atoms. The van der Waals surface area contributed by atoms with Gasteiger partial charge in [-0.3, -0.25) is 9.97 Å². The number of hydrogen-bond donors (Lipinski definition) is 3. The van der Waals surface area contributed by atoms with Gasteiger partial charge in [0.1, 0.15) is 0 Å². The molecule has 0 aliphatic rings. The van der Waals surface area contributed by atoms with Crippen LogP contribution < -0.4 is 10.6 Å². The maximum Gasteiger partial charge on any atom is 0.166 e. The summed E-state index contributed by atoms with van der Waals surface area (Å²) in [5.41, 5.74) is 4.05. The van der Waals surface area contributed by atoms with Crippen LogP contribution in [0.4, 0.5) is 0 Å². The van der Waals surface area contributed by atoms with Crippen LogP contribution in [0.2, 0.25) is 0 Å². The van der Waals surface area contributed by atoms with E-state index < -0.39 is 0 Å². The number of thiocarbonyl (C=S) groups is 1. The van der Waals surface area contributed by atoms with E-state index in [0.717, 1.165) is 28.7 Å². The summed E-state index contributed by atoms with van der Waals surface area (Å²) in [6.07, 6.45) is 2.56. The summed E-state index contributed by atoms with van der Waals surface area (Å²) in [6, 6.07) is 16.0. The summed E-state index contributed by atoms with van der Waals surface area (Å²) in [5.74, 6) is 0. The number of rotatable bonds is 6. The van der Waals surface area contributed by atoms with Gasteiger partial charge in [0, 0.05) is 23.8 Å². The Balaban J connectivity index is 1.91. The van der Waals surface area contributed by atoms with Crippen molar-refractivity contribution in [3.05, 3.63) is 71.7 Å². The molecule has 5 nitrogen and oxygen atoms in total. The number of nitrogens with zero attached hydrogens (tertiary/aromatic N) is 2. The molecule has 3 rings (SSSR count). The van der Waals surface area contributed by atoms with Crippen LogP contribution in [0.3, 0.4) is 0 Å². The van der Waals surface area contributed by atoms with E-state index in [1.165, 1.54) is 5.56 Å². The van der Waals surface area contributed by atoms with Gasteiger partial charge in [-0.2, -0.15) is 0 Å². The highest BCUT2D eigenvalue weighted by Gasteiger charge is 2.17. The molecule has 0 fully saturated rings. The molecule has 0 bridgehead atoms. The van der Waals surface area contributed by atoms with E-state index in [1.54, 1.807) is 0 Å². The first-order chi connectivity index (χ1) is 12.7. The predicted molar refractivity (Wildman–Crippen MR) is 108 cm³/mol. The third kappa shape index (κ3) is 4.53. The van der Waals surface area contributed by atoms with Crippen molar-refractivity contribution in [2.24, 2.45) is 0 Å². The molecule has 1 atom stereocenters. The van der Waals surface area contributed by atoms with E-state index in [9.17, 15) is 0 Å². The standard InChI is InChI=1S/C20H22N4OS/c1-14-5-4-8-18(23-14)19(24-20(26)22-11-12-25)13-15-9-10-21-17-7-3-2-6-16(15)17/h2-10,19,25H,11-13H2,1H3,(H2,22,24,26). The van der Waals surface area contributed by atoms with Gasteiger partial charge in [-0.25, -0.2) is 0 Å². The molecule has 3 aromatic rings. The summed E-state index contributed by atoms with van der Waals surface area (Å²) >= 11 is 5.37. The first kappa shape index (κ1) is 18.2. The minimum atomic E-state index is -0.0839. The van der Waals surface area contributed by atoms with Crippen LogP contribution >= 0.6 is 12.2 Å². The lowest BCUT2D eigenvalue weighted by atomic mass is 9.99. The van der Waals surface area contributed by atoms with Gasteiger partial charge in [0.15, 0.2) is 5.11 Å². The average Bonchev–Trinajstić information content (AvgIpc) is 2.66. The Kier molecular flexibility index (Phi) is 6.09. The van der Waals surface area contributed by atoms with E-state index in [1.807, 2.05) is 55.6 Å². The SMILES string of the molecule is Cc1cccc(C(Cc2ccnc3ccccc23)NC(=S)NCCO)n1. The van der Waals surface area contributed by atoms with Gasteiger partial charge < -0.3 is 15.7 Å². The average molecular weight is 366 g/mol. The van der Waals surface area contributed by atoms with Crippen LogP contribution in [0.5, 0.6) is 0 Å². The molecule has 134 valence electrons. The van der Waals surface area contributed by atoms with E-state index >= 15 is 0 Å². The zero-order valence-electron chi connectivity index (χ0n) is 14.6. The molecule has 0 aliphatic carbocycles. The van der Waals surface area contributed by atoms with Gasteiger partial charge in [0.25, 0.3) is 0 Å². The first-order valence-electron chi connectivity index (χ1n) is 8.59. The van der Waals surface area contributed by atoms with Crippen LogP contribution in [0.15, 0.2) is 54.7 Å². The van der Waals surface area contributed by atoms with Gasteiger partial charge >= 0.3 is 0 Å². The van der Waals surface area contributed by atoms with Crippen LogP contribution in [-0.2, 0) is 6.42 Å². The number of hydrogen-bond acceptors (Lipinski definition) is 4. The van der Waals surface area contributed by atoms with E-state index in [-0.39, 0.29) is 12.6 Å². The second kappa shape index (κ2) is 8.69. The van der Waals surface area contributed by atoms with Crippen molar-refractivity contribution >= 4 is 28.2 Å². The van der Waals surface area contributed by atoms with Crippen LogP contribution in [-0.4, -0.2) is 33.3 Å². The van der Waals surface area contributed by atoms with Crippen molar-refractivity contribution in [3.8, 4) is 0 Å². The van der Waals surface area contributed by atoms with Gasteiger partial charge in [-0.15, -0.1) is 0 Å². The number of benzene rings is 1. The number of aryl methyl sites for hydroxylation is 1. The normalized spacial score (nSPS) is 11.9. The molecular formula is C20H22N4OS. The molecule has 0 saturated carbocycles. The second-order valence-electron chi connectivity index (χ2n) is 6.07. The Labute approximate surface area is 158 Å². The van der Waals surface area contributed by atoms with Gasteiger partial charge in [0.2, 0.25) is 0 Å². The number of aromatic nitrogens is 2. The fourth-order valence-electron chi connectivity index (χ4n) is 2.92. The number of aliphatic hydroxyl groups is 1. The van der Waals surface area contributed by atoms with E-state index in [4.69, 9.17) is 17.3 Å². The number of pyridine rings is 2.